The third-order valence-corrected chi connectivity index (χ3v) is 13.4. The van der Waals surface area contributed by atoms with E-state index in [-0.39, 0.29) is 0 Å². The molecule has 276 valence electrons. The minimum atomic E-state index is 0.619. The number of hydrogen-bond acceptors (Lipinski definition) is 6. The molecular formula is C52H31N5S2. The van der Waals surface area contributed by atoms with Crippen molar-refractivity contribution in [3.05, 3.63) is 188 Å². The van der Waals surface area contributed by atoms with Crippen LogP contribution in [0.25, 0.3) is 114 Å². The van der Waals surface area contributed by atoms with E-state index in [1.807, 2.05) is 72.0 Å². The standard InChI is InChI=1S/C52H31N5S2/c1-3-12-32(13-4-1)49-54-50(33-14-5-2-6-15-33)56-51(55-49)36-25-29-47-43(31-36)53-52(59-47)34-22-26-37(27-23-34)57-44-20-9-7-16-39(44)42-30-35(24-28-45(42)57)38-18-11-19-41-40-17-8-10-21-46(40)58-48(38)41/h1-31H. The largest absolute Gasteiger partial charge is 0.309 e. The molecule has 4 heterocycles. The molecule has 12 rings (SSSR count). The molecule has 0 unspecified atom stereocenters. The molecule has 0 bridgehead atoms. The molecule has 59 heavy (non-hydrogen) atoms. The lowest BCUT2D eigenvalue weighted by molar-refractivity contribution is 1.07. The minimum Gasteiger partial charge on any atom is -0.309 e. The van der Waals surface area contributed by atoms with Crippen molar-refractivity contribution in [2.45, 2.75) is 0 Å². The molecule has 0 fully saturated rings. The molecular weight excluding hydrogens is 759 g/mol. The lowest BCUT2D eigenvalue weighted by Gasteiger charge is -2.09. The molecule has 0 radical (unpaired) electrons. The number of thiazole rings is 1. The van der Waals surface area contributed by atoms with Gasteiger partial charge in [0.25, 0.3) is 0 Å². The minimum absolute atomic E-state index is 0.619. The summed E-state index contributed by atoms with van der Waals surface area (Å²) in [5.74, 6) is 1.90. The van der Waals surface area contributed by atoms with E-state index in [2.05, 4.69) is 132 Å². The van der Waals surface area contributed by atoms with Crippen LogP contribution in [0.5, 0.6) is 0 Å². The van der Waals surface area contributed by atoms with E-state index in [9.17, 15) is 0 Å². The molecule has 0 saturated carbocycles. The number of fused-ring (bicyclic) bond motifs is 7. The van der Waals surface area contributed by atoms with Gasteiger partial charge >= 0.3 is 0 Å². The number of aromatic nitrogens is 5. The topological polar surface area (TPSA) is 56.5 Å². The highest BCUT2D eigenvalue weighted by Gasteiger charge is 2.17. The van der Waals surface area contributed by atoms with E-state index in [1.54, 1.807) is 11.3 Å². The van der Waals surface area contributed by atoms with Crippen molar-refractivity contribution in [1.29, 1.82) is 0 Å². The molecule has 0 saturated heterocycles. The fourth-order valence-electron chi connectivity index (χ4n) is 8.27. The first kappa shape index (κ1) is 33.8. The second-order valence-corrected chi connectivity index (χ2v) is 16.7. The number of benzene rings is 8. The summed E-state index contributed by atoms with van der Waals surface area (Å²) in [6.45, 7) is 0. The Morgan fingerprint density at radius 2 is 0.966 bits per heavy atom. The van der Waals surface area contributed by atoms with Crippen LogP contribution in [0.1, 0.15) is 0 Å². The van der Waals surface area contributed by atoms with E-state index in [0.29, 0.717) is 17.5 Å². The van der Waals surface area contributed by atoms with Gasteiger partial charge < -0.3 is 4.57 Å². The van der Waals surface area contributed by atoms with Crippen LogP contribution in [-0.2, 0) is 0 Å². The second-order valence-electron chi connectivity index (χ2n) is 14.7. The first-order valence-electron chi connectivity index (χ1n) is 19.5. The first-order valence-corrected chi connectivity index (χ1v) is 21.2. The fraction of sp³-hybridized carbons (Fsp3) is 0. The number of para-hydroxylation sites is 1. The summed E-state index contributed by atoms with van der Waals surface area (Å²) in [7, 11) is 0. The van der Waals surface area contributed by atoms with Crippen LogP contribution >= 0.6 is 22.7 Å². The summed E-state index contributed by atoms with van der Waals surface area (Å²) in [6, 6.07) is 66.3. The highest BCUT2D eigenvalue weighted by atomic mass is 32.1. The van der Waals surface area contributed by atoms with Crippen LogP contribution in [0.15, 0.2) is 188 Å². The molecule has 0 aliphatic carbocycles. The van der Waals surface area contributed by atoms with Crippen LogP contribution in [0.3, 0.4) is 0 Å². The van der Waals surface area contributed by atoms with Crippen molar-refractivity contribution in [2.24, 2.45) is 0 Å². The lowest BCUT2D eigenvalue weighted by atomic mass is 10.0. The Labute approximate surface area is 347 Å². The van der Waals surface area contributed by atoms with Crippen molar-refractivity contribution < 1.29 is 0 Å². The summed E-state index contributed by atoms with van der Waals surface area (Å²) in [4.78, 5) is 19.9. The van der Waals surface area contributed by atoms with Gasteiger partial charge in [0.1, 0.15) is 5.01 Å². The van der Waals surface area contributed by atoms with Crippen LogP contribution in [0, 0.1) is 0 Å². The van der Waals surface area contributed by atoms with E-state index >= 15 is 0 Å². The average molecular weight is 790 g/mol. The number of rotatable bonds is 6. The Balaban J connectivity index is 0.903. The van der Waals surface area contributed by atoms with Crippen molar-refractivity contribution in [1.82, 2.24) is 24.5 Å². The smallest absolute Gasteiger partial charge is 0.164 e. The number of nitrogens with zero attached hydrogens (tertiary/aromatic N) is 5. The molecule has 4 aromatic heterocycles. The molecule has 12 aromatic rings. The Hall–Kier alpha value is -7.32. The quantitative estimate of drug-likeness (QED) is 0.168. The van der Waals surface area contributed by atoms with E-state index in [0.717, 1.165) is 43.2 Å². The van der Waals surface area contributed by atoms with Gasteiger partial charge in [0.2, 0.25) is 0 Å². The molecule has 5 nitrogen and oxygen atoms in total. The fourth-order valence-corrected chi connectivity index (χ4v) is 10.5. The van der Waals surface area contributed by atoms with Crippen molar-refractivity contribution >= 4 is 74.9 Å². The zero-order chi connectivity index (χ0) is 38.9. The molecule has 7 heteroatoms. The molecule has 0 aliphatic heterocycles. The predicted octanol–water partition coefficient (Wildman–Crippen LogP) is 14.3. The van der Waals surface area contributed by atoms with Gasteiger partial charge in [-0.2, -0.15) is 0 Å². The molecule has 0 aliphatic rings. The van der Waals surface area contributed by atoms with Crippen LogP contribution in [-0.4, -0.2) is 24.5 Å². The van der Waals surface area contributed by atoms with Crippen molar-refractivity contribution in [3.63, 3.8) is 0 Å². The van der Waals surface area contributed by atoms with Gasteiger partial charge in [-0.3, -0.25) is 0 Å². The number of hydrogen-bond donors (Lipinski definition) is 0. The van der Waals surface area contributed by atoms with Crippen LogP contribution < -0.4 is 0 Å². The summed E-state index contributed by atoms with van der Waals surface area (Å²) in [5.41, 5.74) is 10.8. The van der Waals surface area contributed by atoms with Gasteiger partial charge in [0.05, 0.1) is 21.3 Å². The predicted molar refractivity (Wildman–Crippen MR) is 247 cm³/mol. The third-order valence-electron chi connectivity index (χ3n) is 11.1. The second kappa shape index (κ2) is 13.7. The summed E-state index contributed by atoms with van der Waals surface area (Å²) < 4.78 is 6.14. The SMILES string of the molecule is c1ccc(-c2nc(-c3ccccc3)nc(-c3ccc4sc(-c5ccc(-n6c7ccccc7c7cc(-c8cccc9c8sc8ccccc89)ccc76)cc5)nc4c3)n2)cc1. The summed E-state index contributed by atoms with van der Waals surface area (Å²) in [5, 5.41) is 6.09. The lowest BCUT2D eigenvalue weighted by Crippen LogP contribution is -2.00. The van der Waals surface area contributed by atoms with E-state index < -0.39 is 0 Å². The molecule has 0 spiro atoms. The van der Waals surface area contributed by atoms with Gasteiger partial charge in [-0.25, -0.2) is 19.9 Å². The summed E-state index contributed by atoms with van der Waals surface area (Å²) >= 11 is 3.57. The Morgan fingerprint density at radius 1 is 0.356 bits per heavy atom. The highest BCUT2D eigenvalue weighted by molar-refractivity contribution is 7.26. The zero-order valence-electron chi connectivity index (χ0n) is 31.5. The van der Waals surface area contributed by atoms with Gasteiger partial charge in [-0.1, -0.05) is 121 Å². The van der Waals surface area contributed by atoms with Gasteiger partial charge in [0, 0.05) is 58.9 Å². The number of thiophene rings is 1. The van der Waals surface area contributed by atoms with E-state index in [1.165, 1.54) is 53.1 Å². The maximum Gasteiger partial charge on any atom is 0.164 e. The first-order chi connectivity index (χ1) is 29.2. The van der Waals surface area contributed by atoms with Crippen molar-refractivity contribution in [2.75, 3.05) is 0 Å². The van der Waals surface area contributed by atoms with Crippen LogP contribution in [0.4, 0.5) is 0 Å². The molecule has 0 N–H and O–H groups in total. The molecule has 0 atom stereocenters. The monoisotopic (exact) mass is 789 g/mol. The Kier molecular flexibility index (Phi) is 7.82. The maximum atomic E-state index is 5.14. The molecule has 0 amide bonds. The summed E-state index contributed by atoms with van der Waals surface area (Å²) in [6.07, 6.45) is 0. The average Bonchev–Trinajstić information content (AvgIpc) is 4.01. The van der Waals surface area contributed by atoms with Gasteiger partial charge in [0.15, 0.2) is 17.5 Å². The Bertz CT molecular complexity index is 3490. The molecule has 8 aromatic carbocycles. The maximum absolute atomic E-state index is 5.14. The van der Waals surface area contributed by atoms with E-state index in [4.69, 9.17) is 19.9 Å². The third kappa shape index (κ3) is 5.74. The normalized spacial score (nSPS) is 11.7. The highest BCUT2D eigenvalue weighted by Crippen LogP contribution is 2.42. The Morgan fingerprint density at radius 3 is 1.73 bits per heavy atom. The van der Waals surface area contributed by atoms with Crippen LogP contribution in [0.2, 0.25) is 0 Å². The van der Waals surface area contributed by atoms with Gasteiger partial charge in [-0.15, -0.1) is 22.7 Å². The zero-order valence-corrected chi connectivity index (χ0v) is 33.1. The van der Waals surface area contributed by atoms with Crippen molar-refractivity contribution in [3.8, 4) is 61.5 Å². The van der Waals surface area contributed by atoms with Gasteiger partial charge in [-0.05, 0) is 77.9 Å².